The number of carboxylic acid groups (broad SMARTS) is 1. The van der Waals surface area contributed by atoms with E-state index >= 15 is 0 Å². The number of thioether (sulfide) groups is 1. The van der Waals surface area contributed by atoms with Crippen LogP contribution >= 0.6 is 11.8 Å². The molecule has 1 atom stereocenters. The number of carbonyl (C=O) groups is 1. The smallest absolute Gasteiger partial charge is 0.317 e. The van der Waals surface area contributed by atoms with E-state index in [-0.39, 0.29) is 5.25 Å². The average Bonchev–Trinajstić information content (AvgIpc) is 2.87. The molecule has 14 heavy (non-hydrogen) atoms. The van der Waals surface area contributed by atoms with Gasteiger partial charge in [-0.2, -0.15) is 0 Å². The van der Waals surface area contributed by atoms with Gasteiger partial charge in [0.2, 0.25) is 0 Å². The van der Waals surface area contributed by atoms with Crippen LogP contribution in [0.3, 0.4) is 0 Å². The first-order valence-corrected chi connectivity index (χ1v) is 5.30. The van der Waals surface area contributed by atoms with Crippen molar-refractivity contribution in [2.45, 2.75) is 23.2 Å². The molecule has 1 aliphatic rings. The monoisotopic (exact) mass is 213 g/mol. The van der Waals surface area contributed by atoms with Crippen LogP contribution < -0.4 is 0 Å². The van der Waals surface area contributed by atoms with Gasteiger partial charge in [-0.3, -0.25) is 4.79 Å². The van der Waals surface area contributed by atoms with Crippen LogP contribution in [-0.4, -0.2) is 31.1 Å². The Kier molecular flexibility index (Phi) is 2.45. The number of carboxylic acids is 1. The molecule has 76 valence electrons. The highest BCUT2D eigenvalue weighted by molar-refractivity contribution is 8.00. The zero-order valence-corrected chi connectivity index (χ0v) is 8.57. The molecule has 0 radical (unpaired) electrons. The number of aryl methyl sites for hydroxylation is 1. The first kappa shape index (κ1) is 9.51. The van der Waals surface area contributed by atoms with Crippen molar-refractivity contribution >= 4 is 17.7 Å². The van der Waals surface area contributed by atoms with Crippen molar-refractivity contribution in [2.24, 2.45) is 13.0 Å². The molecule has 1 heterocycles. The fourth-order valence-electron chi connectivity index (χ4n) is 1.24. The first-order chi connectivity index (χ1) is 6.68. The third kappa shape index (κ3) is 1.89. The van der Waals surface area contributed by atoms with Crippen LogP contribution in [0.1, 0.15) is 12.8 Å². The Balaban J connectivity index is 2.07. The van der Waals surface area contributed by atoms with Gasteiger partial charge in [0.15, 0.2) is 5.16 Å². The lowest BCUT2D eigenvalue weighted by molar-refractivity contribution is -0.136. The van der Waals surface area contributed by atoms with Gasteiger partial charge in [0.05, 0.1) is 0 Å². The zero-order chi connectivity index (χ0) is 10.1. The first-order valence-electron chi connectivity index (χ1n) is 4.42. The molecule has 5 nitrogen and oxygen atoms in total. The van der Waals surface area contributed by atoms with Gasteiger partial charge in [-0.25, -0.2) is 0 Å². The summed E-state index contributed by atoms with van der Waals surface area (Å²) < 4.78 is 1.74. The van der Waals surface area contributed by atoms with E-state index in [0.29, 0.717) is 11.1 Å². The van der Waals surface area contributed by atoms with Gasteiger partial charge >= 0.3 is 5.97 Å². The van der Waals surface area contributed by atoms with Crippen LogP contribution in [-0.2, 0) is 11.8 Å². The topological polar surface area (TPSA) is 68.0 Å². The Bertz CT molecular complexity index is 348. The summed E-state index contributed by atoms with van der Waals surface area (Å²) in [5, 5.41) is 16.9. The molecule has 0 saturated heterocycles. The van der Waals surface area contributed by atoms with Gasteiger partial charge < -0.3 is 9.67 Å². The highest BCUT2D eigenvalue weighted by atomic mass is 32.2. The van der Waals surface area contributed by atoms with Crippen LogP contribution in [0.2, 0.25) is 0 Å². The number of aromatic nitrogens is 3. The highest BCUT2D eigenvalue weighted by Gasteiger charge is 2.37. The molecule has 1 aromatic rings. The Labute approximate surface area is 85.5 Å². The summed E-state index contributed by atoms with van der Waals surface area (Å²) in [7, 11) is 1.81. The molecule has 0 aromatic carbocycles. The van der Waals surface area contributed by atoms with Crippen LogP contribution in [0.5, 0.6) is 0 Å². The average molecular weight is 213 g/mol. The normalized spacial score (nSPS) is 18.1. The summed E-state index contributed by atoms with van der Waals surface area (Å²) in [5.74, 6) is -0.435. The summed E-state index contributed by atoms with van der Waals surface area (Å²) in [5.41, 5.74) is 0. The van der Waals surface area contributed by atoms with E-state index in [9.17, 15) is 4.79 Å². The molecule has 0 aliphatic heterocycles. The van der Waals surface area contributed by atoms with E-state index in [4.69, 9.17) is 5.11 Å². The largest absolute Gasteiger partial charge is 0.480 e. The molecule has 1 N–H and O–H groups in total. The van der Waals surface area contributed by atoms with Gasteiger partial charge in [0, 0.05) is 7.05 Å². The van der Waals surface area contributed by atoms with Crippen LogP contribution in [0, 0.1) is 5.92 Å². The molecular weight excluding hydrogens is 202 g/mol. The van der Waals surface area contributed by atoms with E-state index < -0.39 is 5.97 Å². The van der Waals surface area contributed by atoms with Crippen molar-refractivity contribution < 1.29 is 9.90 Å². The van der Waals surface area contributed by atoms with Crippen LogP contribution in [0.4, 0.5) is 0 Å². The van der Waals surface area contributed by atoms with Crippen molar-refractivity contribution in [3.05, 3.63) is 6.33 Å². The van der Waals surface area contributed by atoms with Crippen molar-refractivity contribution in [2.75, 3.05) is 0 Å². The summed E-state index contributed by atoms with van der Waals surface area (Å²) >= 11 is 1.29. The number of hydrogen-bond donors (Lipinski definition) is 1. The second-order valence-electron chi connectivity index (χ2n) is 3.44. The quantitative estimate of drug-likeness (QED) is 0.748. The second kappa shape index (κ2) is 3.61. The van der Waals surface area contributed by atoms with E-state index in [0.717, 1.165) is 12.8 Å². The highest BCUT2D eigenvalue weighted by Crippen LogP contribution is 2.41. The Morgan fingerprint density at radius 3 is 2.93 bits per heavy atom. The van der Waals surface area contributed by atoms with Crippen molar-refractivity contribution in [3.63, 3.8) is 0 Å². The van der Waals surface area contributed by atoms with Gasteiger partial charge in [-0.05, 0) is 18.8 Å². The Morgan fingerprint density at radius 1 is 1.79 bits per heavy atom. The fourth-order valence-corrected chi connectivity index (χ4v) is 2.34. The number of hydrogen-bond acceptors (Lipinski definition) is 4. The zero-order valence-electron chi connectivity index (χ0n) is 7.75. The maximum absolute atomic E-state index is 10.9. The van der Waals surface area contributed by atoms with Crippen molar-refractivity contribution in [3.8, 4) is 0 Å². The Hall–Kier alpha value is -1.04. The molecule has 0 bridgehead atoms. The third-order valence-corrected chi connectivity index (χ3v) is 3.62. The van der Waals surface area contributed by atoms with E-state index in [1.165, 1.54) is 11.8 Å². The van der Waals surface area contributed by atoms with Crippen molar-refractivity contribution in [1.82, 2.24) is 14.8 Å². The maximum atomic E-state index is 10.9. The second-order valence-corrected chi connectivity index (χ2v) is 4.55. The van der Waals surface area contributed by atoms with E-state index in [1.54, 1.807) is 10.9 Å². The molecule has 6 heteroatoms. The standard InChI is InChI=1S/C8H11N3O2S/c1-11-4-9-10-8(11)14-6(7(12)13)5-2-3-5/h4-6H,2-3H2,1H3,(H,12,13). The molecular formula is C8H11N3O2S. The molecule has 0 amide bonds. The Morgan fingerprint density at radius 2 is 2.50 bits per heavy atom. The molecule has 1 saturated carbocycles. The van der Waals surface area contributed by atoms with Crippen LogP contribution in [0.15, 0.2) is 11.5 Å². The summed E-state index contributed by atoms with van der Waals surface area (Å²) in [6.07, 6.45) is 3.61. The molecule has 1 unspecified atom stereocenters. The minimum Gasteiger partial charge on any atom is -0.480 e. The lowest BCUT2D eigenvalue weighted by atomic mass is 10.3. The lowest BCUT2D eigenvalue weighted by Gasteiger charge is -2.08. The fraction of sp³-hybridized carbons (Fsp3) is 0.625. The number of aliphatic carboxylic acids is 1. The SMILES string of the molecule is Cn1cnnc1SC(C(=O)O)C1CC1. The predicted molar refractivity (Wildman–Crippen MR) is 51.0 cm³/mol. The molecule has 1 aromatic heterocycles. The maximum Gasteiger partial charge on any atom is 0.317 e. The summed E-state index contributed by atoms with van der Waals surface area (Å²) in [4.78, 5) is 10.9. The van der Waals surface area contributed by atoms with Gasteiger partial charge in [0.25, 0.3) is 0 Å². The number of rotatable bonds is 4. The molecule has 0 spiro atoms. The van der Waals surface area contributed by atoms with E-state index in [1.807, 2.05) is 7.05 Å². The number of nitrogens with zero attached hydrogens (tertiary/aromatic N) is 3. The molecule has 1 aliphatic carbocycles. The van der Waals surface area contributed by atoms with Gasteiger partial charge in [-0.1, -0.05) is 11.8 Å². The van der Waals surface area contributed by atoms with E-state index in [2.05, 4.69) is 10.2 Å². The van der Waals surface area contributed by atoms with Gasteiger partial charge in [0.1, 0.15) is 11.6 Å². The third-order valence-electron chi connectivity index (χ3n) is 2.20. The minimum atomic E-state index is -0.750. The summed E-state index contributed by atoms with van der Waals surface area (Å²) in [6.45, 7) is 0. The van der Waals surface area contributed by atoms with Gasteiger partial charge in [-0.15, -0.1) is 10.2 Å². The molecule has 2 rings (SSSR count). The molecule has 1 fully saturated rings. The summed E-state index contributed by atoms with van der Waals surface area (Å²) in [6, 6.07) is 0. The lowest BCUT2D eigenvalue weighted by Crippen LogP contribution is -2.19. The van der Waals surface area contributed by atoms with Crippen LogP contribution in [0.25, 0.3) is 0 Å². The minimum absolute atomic E-state index is 0.314. The predicted octanol–water partition coefficient (Wildman–Crippen LogP) is 0.770. The van der Waals surface area contributed by atoms with Crippen molar-refractivity contribution in [1.29, 1.82) is 0 Å².